The van der Waals surface area contributed by atoms with Crippen LogP contribution in [0.5, 0.6) is 11.5 Å². The van der Waals surface area contributed by atoms with E-state index in [-0.39, 0.29) is 37.0 Å². The van der Waals surface area contributed by atoms with Crippen molar-refractivity contribution in [2.24, 2.45) is 5.92 Å². The van der Waals surface area contributed by atoms with Crippen molar-refractivity contribution in [2.75, 3.05) is 40.1 Å². The predicted molar refractivity (Wildman–Crippen MR) is 100 cm³/mol. The molecule has 0 aromatic heterocycles. The summed E-state index contributed by atoms with van der Waals surface area (Å²) in [6.45, 7) is 3.07. The second-order valence-electron chi connectivity index (χ2n) is 6.76. The zero-order chi connectivity index (χ0) is 20.3. The monoisotopic (exact) mass is 410 g/mol. The lowest BCUT2D eigenvalue weighted by molar-refractivity contribution is -0.151. The highest BCUT2D eigenvalue weighted by Crippen LogP contribution is 2.40. The van der Waals surface area contributed by atoms with E-state index in [9.17, 15) is 14.4 Å². The van der Waals surface area contributed by atoms with Crippen molar-refractivity contribution in [1.29, 1.82) is 0 Å². The molecule has 0 N–H and O–H groups in total. The number of benzene rings is 1. The van der Waals surface area contributed by atoms with Gasteiger partial charge in [-0.3, -0.25) is 14.4 Å². The number of halogens is 1. The smallest absolute Gasteiger partial charge is 0.309 e. The van der Waals surface area contributed by atoms with Crippen LogP contribution in [-0.4, -0.2) is 67.7 Å². The first-order chi connectivity index (χ1) is 13.4. The van der Waals surface area contributed by atoms with E-state index in [0.717, 1.165) is 0 Å². The summed E-state index contributed by atoms with van der Waals surface area (Å²) in [5.74, 6) is -0.0429. The number of esters is 1. The Hall–Kier alpha value is -2.48. The topological polar surface area (TPSA) is 85.4 Å². The van der Waals surface area contributed by atoms with E-state index >= 15 is 0 Å². The van der Waals surface area contributed by atoms with E-state index in [1.54, 1.807) is 24.9 Å². The highest BCUT2D eigenvalue weighted by atomic mass is 35.5. The van der Waals surface area contributed by atoms with Gasteiger partial charge in [0.25, 0.3) is 5.91 Å². The second-order valence-corrected chi connectivity index (χ2v) is 7.17. The lowest BCUT2D eigenvalue weighted by Crippen LogP contribution is -2.45. The SMILES string of the molecule is CCOC(=O)C1CCN(C(=O)CN(C)C(=O)c2cc(Cl)c3c(c2)OCO3)CC1. The van der Waals surface area contributed by atoms with E-state index in [2.05, 4.69) is 0 Å². The maximum absolute atomic E-state index is 12.7. The second kappa shape index (κ2) is 8.68. The molecular weight excluding hydrogens is 388 g/mol. The fourth-order valence-electron chi connectivity index (χ4n) is 3.31. The quantitative estimate of drug-likeness (QED) is 0.690. The fraction of sp³-hybridized carbons (Fsp3) is 0.526. The number of carbonyl (C=O) groups is 3. The zero-order valence-corrected chi connectivity index (χ0v) is 16.7. The molecule has 0 spiro atoms. The van der Waals surface area contributed by atoms with Crippen molar-refractivity contribution >= 4 is 29.4 Å². The van der Waals surface area contributed by atoms with Crippen LogP contribution in [-0.2, 0) is 14.3 Å². The van der Waals surface area contributed by atoms with Crippen molar-refractivity contribution in [3.63, 3.8) is 0 Å². The molecule has 2 amide bonds. The van der Waals surface area contributed by atoms with Crippen LogP contribution < -0.4 is 9.47 Å². The van der Waals surface area contributed by atoms with Gasteiger partial charge in [-0.25, -0.2) is 0 Å². The van der Waals surface area contributed by atoms with Crippen molar-refractivity contribution < 1.29 is 28.6 Å². The van der Waals surface area contributed by atoms with Gasteiger partial charge in [0.15, 0.2) is 11.5 Å². The number of ether oxygens (including phenoxy) is 3. The van der Waals surface area contributed by atoms with E-state index in [4.69, 9.17) is 25.8 Å². The standard InChI is InChI=1S/C19H23ClN2O6/c1-3-26-19(25)12-4-6-22(7-5-12)16(23)10-21(2)18(24)13-8-14(20)17-15(9-13)27-11-28-17/h8-9,12H,3-7,10-11H2,1-2H3. The molecule has 0 unspecified atom stereocenters. The number of fused-ring (bicyclic) bond motifs is 1. The molecule has 28 heavy (non-hydrogen) atoms. The molecule has 152 valence electrons. The van der Waals surface area contributed by atoms with Crippen molar-refractivity contribution in [3.8, 4) is 11.5 Å². The summed E-state index contributed by atoms with van der Waals surface area (Å²) < 4.78 is 15.6. The van der Waals surface area contributed by atoms with Crippen molar-refractivity contribution in [1.82, 2.24) is 9.80 Å². The molecule has 8 nitrogen and oxygen atoms in total. The molecule has 1 fully saturated rings. The molecule has 2 aliphatic rings. The molecule has 2 aliphatic heterocycles. The summed E-state index contributed by atoms with van der Waals surface area (Å²) in [6, 6.07) is 3.06. The first-order valence-electron chi connectivity index (χ1n) is 9.19. The van der Waals surface area contributed by atoms with Crippen molar-refractivity contribution in [2.45, 2.75) is 19.8 Å². The molecular formula is C19H23ClN2O6. The molecule has 0 saturated carbocycles. The summed E-state index contributed by atoms with van der Waals surface area (Å²) in [4.78, 5) is 40.0. The van der Waals surface area contributed by atoms with E-state index < -0.39 is 0 Å². The van der Waals surface area contributed by atoms with Gasteiger partial charge in [-0.15, -0.1) is 0 Å². The van der Waals surface area contributed by atoms with E-state index in [1.807, 2.05) is 0 Å². The number of likely N-dealkylation sites (tertiary alicyclic amines) is 1. The Bertz CT molecular complexity index is 776. The average Bonchev–Trinajstić information content (AvgIpc) is 3.17. The molecule has 1 saturated heterocycles. The normalized spacial score (nSPS) is 16.0. The lowest BCUT2D eigenvalue weighted by Gasteiger charge is -2.32. The molecule has 0 atom stereocenters. The first kappa shape index (κ1) is 20.3. The van der Waals surface area contributed by atoms with E-state index in [0.29, 0.717) is 54.6 Å². The summed E-state index contributed by atoms with van der Waals surface area (Å²) in [7, 11) is 1.56. The lowest BCUT2D eigenvalue weighted by atomic mass is 9.97. The molecule has 2 heterocycles. The van der Waals surface area contributed by atoms with E-state index in [1.165, 1.54) is 11.0 Å². The number of hydrogen-bond acceptors (Lipinski definition) is 6. The van der Waals surface area contributed by atoms with Gasteiger partial charge in [0.1, 0.15) is 0 Å². The fourth-order valence-corrected chi connectivity index (χ4v) is 3.58. The first-order valence-corrected chi connectivity index (χ1v) is 9.57. The number of rotatable bonds is 5. The molecule has 1 aromatic carbocycles. The number of likely N-dealkylation sites (N-methyl/N-ethyl adjacent to an activating group) is 1. The number of piperidine rings is 1. The minimum absolute atomic E-state index is 0.0583. The summed E-state index contributed by atoms with van der Waals surface area (Å²) in [5.41, 5.74) is 0.325. The van der Waals surface area contributed by atoms with Crippen LogP contribution in [0.1, 0.15) is 30.1 Å². The van der Waals surface area contributed by atoms with Gasteiger partial charge in [0.2, 0.25) is 12.7 Å². The molecule has 0 radical (unpaired) electrons. The summed E-state index contributed by atoms with van der Waals surface area (Å²) >= 11 is 6.12. The highest BCUT2D eigenvalue weighted by molar-refractivity contribution is 6.32. The Kier molecular flexibility index (Phi) is 6.28. The highest BCUT2D eigenvalue weighted by Gasteiger charge is 2.29. The molecule has 3 rings (SSSR count). The van der Waals surface area contributed by atoms with Crippen LogP contribution in [0.4, 0.5) is 0 Å². The summed E-state index contributed by atoms with van der Waals surface area (Å²) in [5, 5.41) is 0.291. The number of nitrogens with zero attached hydrogens (tertiary/aromatic N) is 2. The Morgan fingerprint density at radius 2 is 1.96 bits per heavy atom. The number of carbonyl (C=O) groups excluding carboxylic acids is 3. The van der Waals surface area contributed by atoms with Crippen LogP contribution in [0.15, 0.2) is 12.1 Å². The van der Waals surface area contributed by atoms with Crippen LogP contribution >= 0.6 is 11.6 Å². The van der Waals surface area contributed by atoms with Gasteiger partial charge < -0.3 is 24.0 Å². The van der Waals surface area contributed by atoms with Gasteiger partial charge >= 0.3 is 5.97 Å². The van der Waals surface area contributed by atoms with Gasteiger partial charge in [-0.1, -0.05) is 11.6 Å². The average molecular weight is 411 g/mol. The van der Waals surface area contributed by atoms with Crippen LogP contribution in [0.3, 0.4) is 0 Å². The predicted octanol–water partition coefficient (Wildman–Crippen LogP) is 1.94. The largest absolute Gasteiger partial charge is 0.466 e. The minimum atomic E-state index is -0.338. The molecule has 1 aromatic rings. The van der Waals surface area contributed by atoms with Gasteiger partial charge in [-0.2, -0.15) is 0 Å². The molecule has 0 bridgehead atoms. The van der Waals surface area contributed by atoms with Crippen LogP contribution in [0, 0.1) is 5.92 Å². The minimum Gasteiger partial charge on any atom is -0.466 e. The van der Waals surface area contributed by atoms with Crippen LogP contribution in [0.25, 0.3) is 0 Å². The third kappa shape index (κ3) is 4.32. The summed E-state index contributed by atoms with van der Waals surface area (Å²) in [6.07, 6.45) is 1.14. The van der Waals surface area contributed by atoms with Crippen molar-refractivity contribution in [3.05, 3.63) is 22.7 Å². The molecule has 0 aliphatic carbocycles. The maximum atomic E-state index is 12.7. The Balaban J connectivity index is 1.55. The van der Waals surface area contributed by atoms with Gasteiger partial charge in [0.05, 0.1) is 24.1 Å². The molecule has 9 heteroatoms. The Morgan fingerprint density at radius 1 is 1.25 bits per heavy atom. The third-order valence-electron chi connectivity index (χ3n) is 4.86. The number of amides is 2. The maximum Gasteiger partial charge on any atom is 0.309 e. The zero-order valence-electron chi connectivity index (χ0n) is 15.9. The Morgan fingerprint density at radius 3 is 2.64 bits per heavy atom. The third-order valence-corrected chi connectivity index (χ3v) is 5.14. The Labute approximate surface area is 168 Å². The van der Waals surface area contributed by atoms with Gasteiger partial charge in [0, 0.05) is 25.7 Å². The van der Waals surface area contributed by atoms with Gasteiger partial charge in [-0.05, 0) is 31.9 Å². The number of hydrogen-bond donors (Lipinski definition) is 0. The van der Waals surface area contributed by atoms with Crippen LogP contribution in [0.2, 0.25) is 5.02 Å².